The summed E-state index contributed by atoms with van der Waals surface area (Å²) in [4.78, 5) is 64.9. The molecule has 0 saturated carbocycles. The van der Waals surface area contributed by atoms with E-state index in [-0.39, 0.29) is 116 Å². The first-order valence-corrected chi connectivity index (χ1v) is 31.0. The lowest BCUT2D eigenvalue weighted by Crippen LogP contribution is -2.40. The molecule has 0 radical (unpaired) electrons. The van der Waals surface area contributed by atoms with E-state index in [0.717, 1.165) is 120 Å². The van der Waals surface area contributed by atoms with E-state index < -0.39 is 210 Å². The number of hydrogen-bond donors (Lipinski definition) is 0. The number of benzene rings is 6. The highest BCUT2D eigenvalue weighted by Crippen LogP contribution is 2.35. The topological polar surface area (TPSA) is 117 Å². The molecule has 22 heteroatoms. The van der Waals surface area contributed by atoms with Crippen molar-refractivity contribution in [2.24, 2.45) is 0 Å². The standard InChI is InChI=1S/2C37H40F4N4O2S/c2*1-4-43(5-2)19-20-44(22-27-11-18-31(25(3)21-27)28-12-14-29(15-13-28)37(39,40)41)34(46)23-45-33-8-6-7-32(33)35(47)42-36(45)48-24-26-9-16-30(38)17-10-26/h2*9-18,21H,4-8,19-20,22-24H2,1-3H3/i4D2,5D2,11D,18D,19D2,20D2,21D,22D2,23D2,24D2;4D2,5D2,11D,18D,21D,23D2,24D2. The summed E-state index contributed by atoms with van der Waals surface area (Å²) in [5, 5.41) is -1.43. The zero-order valence-corrected chi connectivity index (χ0v) is 53.8. The first-order chi connectivity index (χ1) is 56.4. The number of fused-ring (bicyclic) bond motifs is 2. The quantitative estimate of drug-likeness (QED) is 0.0295. The SMILES string of the molecule is [2H]c1c([2H])c(-c2ccc(C(F)(F)F)cc2)c(C)c([2H])c1CN(CCN(C([2H])([2H])C)C([2H])([2H])C)C(=O)C([2H])([2H])n1c(SC([2H])([2H])c2ccc(F)cc2)nc(=O)c2c1CCC2.[2H]c1c([2H])c(C([2H])([2H])N(C(=O)C([2H])([2H])n2c(SC([2H])([2H])c3ccc(F)cc3)nc(=O)c3c2CCC3)C([2H])([2H])C([2H])([2H])N(C([2H])([2H])C)C([2H])([2H])C)c([2H])c(C)c1-c1ccc(C(F)(F)F)cc1. The summed E-state index contributed by atoms with van der Waals surface area (Å²) in [5.74, 6) is -5.21. The second-order valence-electron chi connectivity index (χ2n) is 21.1. The molecule has 2 heterocycles. The maximum atomic E-state index is 15.3. The molecule has 2 aliphatic rings. The van der Waals surface area contributed by atoms with Crippen molar-refractivity contribution in [3.8, 4) is 22.3 Å². The van der Waals surface area contributed by atoms with Gasteiger partial charge < -0.3 is 28.7 Å². The summed E-state index contributed by atoms with van der Waals surface area (Å²) in [7, 11) is 0. The van der Waals surface area contributed by atoms with Crippen molar-refractivity contribution >= 4 is 35.3 Å². The molecule has 0 spiro atoms. The van der Waals surface area contributed by atoms with Crippen molar-refractivity contribution in [3.05, 3.63) is 233 Å². The largest absolute Gasteiger partial charge is 0.416 e. The van der Waals surface area contributed by atoms with Crippen molar-refractivity contribution < 1.29 is 83.1 Å². The van der Waals surface area contributed by atoms with Gasteiger partial charge in [0.15, 0.2) is 10.3 Å². The minimum absolute atomic E-state index is 0.0257. The molecule has 12 nitrogen and oxygen atoms in total. The van der Waals surface area contributed by atoms with Gasteiger partial charge in [0.1, 0.15) is 24.6 Å². The van der Waals surface area contributed by atoms with E-state index in [9.17, 15) is 60.5 Å². The molecule has 8 aromatic rings. The summed E-state index contributed by atoms with van der Waals surface area (Å²) >= 11 is 0.347. The molecule has 2 amide bonds. The van der Waals surface area contributed by atoms with E-state index in [1.165, 1.54) is 6.92 Å². The van der Waals surface area contributed by atoms with Gasteiger partial charge in [-0.15, -0.1) is 0 Å². The molecule has 0 aliphatic heterocycles. The second kappa shape index (κ2) is 32.9. The van der Waals surface area contributed by atoms with Crippen LogP contribution in [-0.2, 0) is 85.1 Å². The molecule has 96 heavy (non-hydrogen) atoms. The Morgan fingerprint density at radius 2 is 0.948 bits per heavy atom. The molecular weight excluding hydrogens is 1280 g/mol. The second-order valence-corrected chi connectivity index (χ2v) is 22.7. The zero-order valence-electron chi connectivity index (χ0n) is 80.2. The van der Waals surface area contributed by atoms with Gasteiger partial charge in [-0.25, -0.2) is 8.78 Å². The maximum Gasteiger partial charge on any atom is 0.416 e. The molecule has 0 fully saturated rings. The lowest BCUT2D eigenvalue weighted by Gasteiger charge is -2.28. The van der Waals surface area contributed by atoms with E-state index in [1.807, 2.05) is 0 Å². The van der Waals surface area contributed by atoms with Gasteiger partial charge in [-0.05, 0) is 183 Å². The number of amides is 2. The summed E-state index contributed by atoms with van der Waals surface area (Å²) in [6, 6.07) is 10.2. The molecule has 2 aromatic heterocycles. The van der Waals surface area contributed by atoms with Gasteiger partial charge in [-0.1, -0.05) is 136 Å². The number of hydrogen-bond acceptors (Lipinski definition) is 10. The number of alkyl halides is 6. The smallest absolute Gasteiger partial charge is 0.336 e. The van der Waals surface area contributed by atoms with Crippen LogP contribution in [-0.4, -0.2) is 103 Å². The Bertz CT molecular complexity index is 5450. The predicted octanol–water partition coefficient (Wildman–Crippen LogP) is 15.1. The van der Waals surface area contributed by atoms with Gasteiger partial charge >= 0.3 is 12.4 Å². The fourth-order valence-corrected chi connectivity index (χ4v) is 11.4. The fraction of sp³-hybridized carbons (Fsp3) is 0.378. The summed E-state index contributed by atoms with van der Waals surface area (Å²) in [6.45, 7) is -27.2. The van der Waals surface area contributed by atoms with Crippen molar-refractivity contribution in [1.82, 2.24) is 38.7 Å². The van der Waals surface area contributed by atoms with Gasteiger partial charge in [0, 0.05) is 92.2 Å². The molecule has 508 valence electrons. The summed E-state index contributed by atoms with van der Waals surface area (Å²) in [5.41, 5.74) is -12.1. The van der Waals surface area contributed by atoms with Crippen LogP contribution in [0.1, 0.15) is 146 Å². The van der Waals surface area contributed by atoms with E-state index in [0.29, 0.717) is 48.7 Å². The number of nitrogens with zero attached hydrogens (tertiary/aromatic N) is 8. The maximum absolute atomic E-state index is 15.3. The molecule has 0 unspecified atom stereocenters. The molecule has 0 atom stereocenters. The van der Waals surface area contributed by atoms with Crippen LogP contribution in [0.2, 0.25) is 0 Å². The van der Waals surface area contributed by atoms with Gasteiger partial charge in [0.05, 0.1) is 30.3 Å². The van der Waals surface area contributed by atoms with E-state index in [2.05, 4.69) is 9.97 Å². The van der Waals surface area contributed by atoms with Gasteiger partial charge in [-0.3, -0.25) is 19.2 Å². The Kier molecular flexibility index (Phi) is 14.9. The number of likely N-dealkylation sites (N-methyl/N-ethyl adjacent to an activating group) is 2. The van der Waals surface area contributed by atoms with Crippen LogP contribution in [0.4, 0.5) is 35.1 Å². The van der Waals surface area contributed by atoms with Crippen LogP contribution >= 0.6 is 23.5 Å². The predicted molar refractivity (Wildman–Crippen MR) is 363 cm³/mol. The summed E-state index contributed by atoms with van der Waals surface area (Å²) < 4.78 is 357. The van der Waals surface area contributed by atoms with Crippen LogP contribution in [0, 0.1) is 25.5 Å². The number of carbonyl (C=O) groups excluding carboxylic acids is 2. The van der Waals surface area contributed by atoms with Gasteiger partial charge in [0.2, 0.25) is 11.8 Å². The molecular formula is C74H80F8N8O4S2. The number of halogens is 8. The Morgan fingerprint density at radius 1 is 0.531 bits per heavy atom. The average molecular weight is 1390 g/mol. The molecule has 0 saturated heterocycles. The van der Waals surface area contributed by atoms with Crippen molar-refractivity contribution in [2.75, 3.05) is 52.1 Å². The Morgan fingerprint density at radius 3 is 1.38 bits per heavy atom. The minimum atomic E-state index is -4.79. The van der Waals surface area contributed by atoms with E-state index in [1.54, 1.807) is 0 Å². The summed E-state index contributed by atoms with van der Waals surface area (Å²) in [6.07, 6.45) is -8.91. The number of rotatable bonds is 26. The first-order valence-electron chi connectivity index (χ1n) is 43.4. The Labute approximate surface area is 603 Å². The van der Waals surface area contributed by atoms with E-state index >= 15 is 4.79 Å². The van der Waals surface area contributed by atoms with Crippen LogP contribution < -0.4 is 11.1 Å². The van der Waals surface area contributed by atoms with E-state index in [4.69, 9.17) is 27.4 Å². The number of carbonyl (C=O) groups is 2. The molecule has 0 bridgehead atoms. The minimum Gasteiger partial charge on any atom is -0.336 e. The van der Waals surface area contributed by atoms with Crippen LogP contribution in [0.25, 0.3) is 22.3 Å². The Hall–Kier alpha value is -7.92. The first kappa shape index (κ1) is 43.4. The molecule has 0 N–H and O–H groups in total. The third kappa shape index (κ3) is 18.8. The Balaban J connectivity index is 0.000000282. The molecule has 10 rings (SSSR count). The van der Waals surface area contributed by atoms with Crippen molar-refractivity contribution in [2.45, 2.75) is 140 Å². The normalized spacial score (nSPS) is 18.8. The van der Waals surface area contributed by atoms with Crippen molar-refractivity contribution in [3.63, 3.8) is 0 Å². The lowest BCUT2D eigenvalue weighted by atomic mass is 9.97. The fourth-order valence-electron chi connectivity index (χ4n) is 9.95. The highest BCUT2D eigenvalue weighted by Gasteiger charge is 2.32. The zero-order chi connectivity index (χ0) is 93.8. The number of thioether (sulfide) groups is 2. The highest BCUT2D eigenvalue weighted by atomic mass is 32.2. The van der Waals surface area contributed by atoms with Crippen molar-refractivity contribution in [1.29, 1.82) is 0 Å². The van der Waals surface area contributed by atoms with Crippen LogP contribution in [0.15, 0.2) is 153 Å². The van der Waals surface area contributed by atoms with Crippen LogP contribution in [0.5, 0.6) is 0 Å². The monoisotopic (exact) mass is 1390 g/mol. The van der Waals surface area contributed by atoms with Crippen LogP contribution in [0.3, 0.4) is 0 Å². The number of aromatic nitrogens is 4. The lowest BCUT2D eigenvalue weighted by molar-refractivity contribution is -0.138. The third-order valence-corrected chi connectivity index (χ3v) is 16.4. The highest BCUT2D eigenvalue weighted by molar-refractivity contribution is 7.98. The third-order valence-electron chi connectivity index (χ3n) is 14.8. The molecule has 6 aromatic carbocycles. The molecule has 2 aliphatic carbocycles. The van der Waals surface area contributed by atoms with Gasteiger partial charge in [-0.2, -0.15) is 36.3 Å². The van der Waals surface area contributed by atoms with Gasteiger partial charge in [0.25, 0.3) is 11.1 Å². The average Bonchev–Trinajstić information content (AvgIpc) is 0.808.